The highest BCUT2D eigenvalue weighted by atomic mass is 19.1. The Morgan fingerprint density at radius 2 is 2.06 bits per heavy atom. The quantitative estimate of drug-likeness (QED) is 0.803. The van der Waals surface area contributed by atoms with Crippen LogP contribution in [0, 0.1) is 17.6 Å². The van der Waals surface area contributed by atoms with Crippen molar-refractivity contribution in [2.45, 2.75) is 13.8 Å². The van der Waals surface area contributed by atoms with E-state index in [0.29, 0.717) is 6.07 Å². The summed E-state index contributed by atoms with van der Waals surface area (Å²) in [5.41, 5.74) is 4.80. The molecule has 0 bridgehead atoms. The highest BCUT2D eigenvalue weighted by molar-refractivity contribution is 5.85. The van der Waals surface area contributed by atoms with Crippen molar-refractivity contribution >= 4 is 17.5 Å². The van der Waals surface area contributed by atoms with Crippen molar-refractivity contribution < 1.29 is 18.3 Å². The number of hydrogen-bond acceptors (Lipinski definition) is 3. The van der Waals surface area contributed by atoms with Gasteiger partial charge < -0.3 is 10.5 Å². The molecule has 0 fully saturated rings. The smallest absolute Gasteiger partial charge is 0.411 e. The molecule has 0 heterocycles. The van der Waals surface area contributed by atoms with Crippen molar-refractivity contribution in [3.63, 3.8) is 0 Å². The number of anilines is 2. The van der Waals surface area contributed by atoms with Gasteiger partial charge in [-0.3, -0.25) is 5.32 Å². The van der Waals surface area contributed by atoms with Crippen molar-refractivity contribution in [3.05, 3.63) is 23.8 Å². The molecule has 1 aromatic carbocycles. The molecule has 17 heavy (non-hydrogen) atoms. The Labute approximate surface area is 97.8 Å². The van der Waals surface area contributed by atoms with Gasteiger partial charge in [0.1, 0.15) is 11.6 Å². The number of rotatable bonds is 3. The second-order valence-corrected chi connectivity index (χ2v) is 3.97. The topological polar surface area (TPSA) is 64.3 Å². The number of hydrogen-bond donors (Lipinski definition) is 2. The monoisotopic (exact) mass is 244 g/mol. The lowest BCUT2D eigenvalue weighted by Gasteiger charge is -2.10. The van der Waals surface area contributed by atoms with Crippen molar-refractivity contribution in [1.82, 2.24) is 0 Å². The van der Waals surface area contributed by atoms with E-state index in [1.54, 1.807) is 0 Å². The van der Waals surface area contributed by atoms with Crippen LogP contribution in [-0.4, -0.2) is 12.7 Å². The second-order valence-electron chi connectivity index (χ2n) is 3.97. The first-order valence-electron chi connectivity index (χ1n) is 5.08. The summed E-state index contributed by atoms with van der Waals surface area (Å²) in [4.78, 5) is 11.2. The van der Waals surface area contributed by atoms with Crippen LogP contribution in [0.1, 0.15) is 13.8 Å². The maximum absolute atomic E-state index is 13.2. The minimum absolute atomic E-state index is 0.170. The van der Waals surface area contributed by atoms with E-state index >= 15 is 0 Å². The zero-order valence-corrected chi connectivity index (χ0v) is 9.59. The summed E-state index contributed by atoms with van der Waals surface area (Å²) in [5.74, 6) is -1.61. The number of nitrogens with two attached hydrogens (primary N) is 1. The summed E-state index contributed by atoms with van der Waals surface area (Å²) >= 11 is 0. The molecule has 0 aromatic heterocycles. The van der Waals surface area contributed by atoms with Gasteiger partial charge in [-0.25, -0.2) is 13.6 Å². The number of benzene rings is 1. The Kier molecular flexibility index (Phi) is 4.25. The fourth-order valence-electron chi connectivity index (χ4n) is 1.05. The average molecular weight is 244 g/mol. The fraction of sp³-hybridized carbons (Fsp3) is 0.364. The Morgan fingerprint density at radius 3 is 2.65 bits per heavy atom. The summed E-state index contributed by atoms with van der Waals surface area (Å²) in [6, 6.07) is 1.61. The van der Waals surface area contributed by atoms with E-state index < -0.39 is 17.7 Å². The van der Waals surface area contributed by atoms with E-state index in [9.17, 15) is 13.6 Å². The SMILES string of the molecule is CC(C)COC(=O)Nc1cc(N)c(F)cc1F. The van der Waals surface area contributed by atoms with Crippen LogP contribution in [0.5, 0.6) is 0 Å². The van der Waals surface area contributed by atoms with Gasteiger partial charge in [0.25, 0.3) is 0 Å². The third kappa shape index (κ3) is 3.90. The van der Waals surface area contributed by atoms with E-state index in [4.69, 9.17) is 10.5 Å². The van der Waals surface area contributed by atoms with Gasteiger partial charge in [-0.05, 0) is 12.0 Å². The Balaban J connectivity index is 2.68. The maximum atomic E-state index is 13.2. The molecule has 3 N–H and O–H groups in total. The Morgan fingerprint density at radius 1 is 1.41 bits per heavy atom. The van der Waals surface area contributed by atoms with Crippen molar-refractivity contribution in [2.75, 3.05) is 17.7 Å². The Hall–Kier alpha value is -1.85. The fourth-order valence-corrected chi connectivity index (χ4v) is 1.05. The molecule has 4 nitrogen and oxygen atoms in total. The minimum Gasteiger partial charge on any atom is -0.449 e. The second kappa shape index (κ2) is 5.47. The molecule has 0 saturated heterocycles. The number of halogens is 2. The predicted molar refractivity (Wildman–Crippen MR) is 60.6 cm³/mol. The van der Waals surface area contributed by atoms with Gasteiger partial charge in [-0.2, -0.15) is 0 Å². The lowest BCUT2D eigenvalue weighted by atomic mass is 10.2. The van der Waals surface area contributed by atoms with Gasteiger partial charge in [-0.15, -0.1) is 0 Å². The molecule has 1 aromatic rings. The third-order valence-corrected chi connectivity index (χ3v) is 1.87. The van der Waals surface area contributed by atoms with Crippen LogP contribution in [-0.2, 0) is 4.74 Å². The molecular weight excluding hydrogens is 230 g/mol. The molecule has 1 amide bonds. The van der Waals surface area contributed by atoms with Crippen LogP contribution in [0.2, 0.25) is 0 Å². The number of carbonyl (C=O) groups is 1. The predicted octanol–water partition coefficient (Wildman–Crippen LogP) is 2.75. The molecule has 0 atom stereocenters. The summed E-state index contributed by atoms with van der Waals surface area (Å²) in [6.45, 7) is 3.94. The zero-order chi connectivity index (χ0) is 13.0. The molecule has 0 aliphatic heterocycles. The summed E-state index contributed by atoms with van der Waals surface area (Å²) in [6.07, 6.45) is -0.802. The third-order valence-electron chi connectivity index (χ3n) is 1.87. The highest BCUT2D eigenvalue weighted by Gasteiger charge is 2.11. The average Bonchev–Trinajstić information content (AvgIpc) is 2.23. The van der Waals surface area contributed by atoms with Crippen LogP contribution in [0.4, 0.5) is 25.0 Å². The van der Waals surface area contributed by atoms with Gasteiger partial charge >= 0.3 is 6.09 Å². The molecule has 94 valence electrons. The first-order valence-corrected chi connectivity index (χ1v) is 5.08. The summed E-state index contributed by atoms with van der Waals surface area (Å²) in [5, 5.41) is 2.15. The molecule has 1 rings (SSSR count). The van der Waals surface area contributed by atoms with E-state index in [1.165, 1.54) is 0 Å². The Bertz CT molecular complexity index is 422. The highest BCUT2D eigenvalue weighted by Crippen LogP contribution is 2.21. The van der Waals surface area contributed by atoms with E-state index in [-0.39, 0.29) is 23.9 Å². The molecule has 0 unspecified atom stereocenters. The summed E-state index contributed by atoms with van der Waals surface area (Å²) in [7, 11) is 0. The number of ether oxygens (including phenoxy) is 1. The lowest BCUT2D eigenvalue weighted by Crippen LogP contribution is -2.17. The van der Waals surface area contributed by atoms with E-state index in [1.807, 2.05) is 13.8 Å². The van der Waals surface area contributed by atoms with Gasteiger partial charge in [0.15, 0.2) is 0 Å². The van der Waals surface area contributed by atoms with Crippen LogP contribution in [0.15, 0.2) is 12.1 Å². The molecule has 6 heteroatoms. The number of amides is 1. The number of nitrogen functional groups attached to an aromatic ring is 1. The zero-order valence-electron chi connectivity index (χ0n) is 9.59. The largest absolute Gasteiger partial charge is 0.449 e. The van der Waals surface area contributed by atoms with Gasteiger partial charge in [0, 0.05) is 6.07 Å². The lowest BCUT2D eigenvalue weighted by molar-refractivity contribution is 0.147. The first-order chi connectivity index (χ1) is 7.90. The van der Waals surface area contributed by atoms with Crippen molar-refractivity contribution in [2.24, 2.45) is 5.92 Å². The molecule has 0 aliphatic rings. The molecule has 0 spiro atoms. The standard InChI is InChI=1S/C11H14F2N2O2/c1-6(2)5-17-11(16)15-10-4-9(14)7(12)3-8(10)13/h3-4,6H,5,14H2,1-2H3,(H,15,16). The van der Waals surface area contributed by atoms with E-state index in [0.717, 1.165) is 6.07 Å². The minimum atomic E-state index is -0.904. The number of nitrogens with one attached hydrogen (secondary N) is 1. The van der Waals surface area contributed by atoms with Crippen LogP contribution in [0.3, 0.4) is 0 Å². The summed E-state index contributed by atoms with van der Waals surface area (Å²) < 4.78 is 30.8. The van der Waals surface area contributed by atoms with Gasteiger partial charge in [-0.1, -0.05) is 13.8 Å². The normalized spacial score (nSPS) is 10.4. The van der Waals surface area contributed by atoms with Gasteiger partial charge in [0.2, 0.25) is 0 Å². The van der Waals surface area contributed by atoms with E-state index in [2.05, 4.69) is 5.32 Å². The first kappa shape index (κ1) is 13.2. The van der Waals surface area contributed by atoms with Gasteiger partial charge in [0.05, 0.1) is 18.0 Å². The molecule has 0 aliphatic carbocycles. The van der Waals surface area contributed by atoms with Crippen LogP contribution < -0.4 is 11.1 Å². The number of carbonyl (C=O) groups excluding carboxylic acids is 1. The van der Waals surface area contributed by atoms with Crippen molar-refractivity contribution in [1.29, 1.82) is 0 Å². The van der Waals surface area contributed by atoms with Crippen LogP contribution >= 0.6 is 0 Å². The van der Waals surface area contributed by atoms with Crippen LogP contribution in [0.25, 0.3) is 0 Å². The van der Waals surface area contributed by atoms with Crippen molar-refractivity contribution in [3.8, 4) is 0 Å². The maximum Gasteiger partial charge on any atom is 0.411 e. The molecular formula is C11H14F2N2O2. The molecule has 0 saturated carbocycles. The molecule has 0 radical (unpaired) electrons.